The highest BCUT2D eigenvalue weighted by molar-refractivity contribution is 6.13. The van der Waals surface area contributed by atoms with Crippen LogP contribution >= 0.6 is 0 Å². The normalized spacial score (nSPS) is 15.3. The fourth-order valence-electron chi connectivity index (χ4n) is 1.90. The summed E-state index contributed by atoms with van der Waals surface area (Å²) in [7, 11) is 0. The Labute approximate surface area is 130 Å². The summed E-state index contributed by atoms with van der Waals surface area (Å²) in [6.45, 7) is 4.65. The molecule has 0 fully saturated rings. The van der Waals surface area contributed by atoms with Crippen molar-refractivity contribution < 1.29 is 22.4 Å². The number of benzene rings is 1. The van der Waals surface area contributed by atoms with Gasteiger partial charge in [0.1, 0.15) is 11.5 Å². The van der Waals surface area contributed by atoms with Crippen LogP contribution in [0.1, 0.15) is 36.7 Å². The molecule has 0 atom stereocenters. The van der Waals surface area contributed by atoms with E-state index in [9.17, 15) is 22.4 Å². The lowest BCUT2D eigenvalue weighted by Gasteiger charge is -2.20. The third-order valence-electron chi connectivity index (χ3n) is 2.91. The highest BCUT2D eigenvalue weighted by Crippen LogP contribution is 2.22. The molecule has 0 spiro atoms. The molecule has 1 aliphatic heterocycles. The second-order valence-corrected chi connectivity index (χ2v) is 6.09. The average Bonchev–Trinajstić information content (AvgIpc) is 2.85. The van der Waals surface area contributed by atoms with Gasteiger partial charge in [0.2, 0.25) is 0 Å². The maximum absolute atomic E-state index is 14.1. The first-order valence-corrected chi connectivity index (χ1v) is 6.79. The quantitative estimate of drug-likeness (QED) is 0.833. The first kappa shape index (κ1) is 17.1. The second-order valence-electron chi connectivity index (χ2n) is 6.09. The molecular weight excluding hydrogens is 314 g/mol. The fourth-order valence-corrected chi connectivity index (χ4v) is 1.90. The summed E-state index contributed by atoms with van der Waals surface area (Å²) in [5.41, 5.74) is -1.66. The Morgan fingerprint density at radius 3 is 2.35 bits per heavy atom. The summed E-state index contributed by atoms with van der Waals surface area (Å²) >= 11 is 0. The van der Waals surface area contributed by atoms with Gasteiger partial charge >= 0.3 is 6.18 Å². The van der Waals surface area contributed by atoms with Crippen LogP contribution in [0.25, 0.3) is 0 Å². The second kappa shape index (κ2) is 5.75. The smallest absolute Gasteiger partial charge is 0.347 e. The summed E-state index contributed by atoms with van der Waals surface area (Å²) in [6.07, 6.45) is -4.56. The van der Waals surface area contributed by atoms with Gasteiger partial charge in [-0.05, 0) is 32.9 Å². The molecule has 4 nitrogen and oxygen atoms in total. The molecule has 1 aromatic carbocycles. The van der Waals surface area contributed by atoms with E-state index in [1.165, 1.54) is 12.1 Å². The van der Waals surface area contributed by atoms with E-state index in [2.05, 4.69) is 15.3 Å². The molecule has 0 aromatic heterocycles. The molecule has 0 radical (unpaired) electrons. The van der Waals surface area contributed by atoms with Gasteiger partial charge in [-0.2, -0.15) is 13.2 Å². The van der Waals surface area contributed by atoms with Gasteiger partial charge in [0, 0.05) is 11.1 Å². The van der Waals surface area contributed by atoms with Gasteiger partial charge in [-0.3, -0.25) is 9.79 Å². The SMILES string of the molecule is CC(C)(C)NC(=O)c1ccc(C2=NCC(C(F)(F)F)=N2)cc1F. The molecule has 0 unspecified atom stereocenters. The van der Waals surface area contributed by atoms with Gasteiger partial charge < -0.3 is 5.32 Å². The number of halogens is 4. The fraction of sp³-hybridized carbons (Fsp3) is 0.400. The largest absolute Gasteiger partial charge is 0.431 e. The van der Waals surface area contributed by atoms with E-state index < -0.39 is 35.7 Å². The molecule has 0 saturated carbocycles. The first-order valence-electron chi connectivity index (χ1n) is 6.79. The number of amidine groups is 1. The number of nitrogens with zero attached hydrogens (tertiary/aromatic N) is 2. The maximum atomic E-state index is 14.1. The number of carbonyl (C=O) groups excluding carboxylic acids is 1. The number of alkyl halides is 3. The summed E-state index contributed by atoms with van der Waals surface area (Å²) < 4.78 is 51.7. The Hall–Kier alpha value is -2.25. The van der Waals surface area contributed by atoms with Crippen molar-refractivity contribution in [3.63, 3.8) is 0 Å². The lowest BCUT2D eigenvalue weighted by Crippen LogP contribution is -2.40. The molecule has 124 valence electrons. The zero-order valence-electron chi connectivity index (χ0n) is 12.8. The Morgan fingerprint density at radius 2 is 1.87 bits per heavy atom. The van der Waals surface area contributed by atoms with Gasteiger partial charge in [0.05, 0.1) is 12.1 Å². The zero-order chi connectivity index (χ0) is 17.4. The molecule has 1 amide bonds. The van der Waals surface area contributed by atoms with Crippen LogP contribution in [0.15, 0.2) is 28.2 Å². The van der Waals surface area contributed by atoms with Gasteiger partial charge in [-0.25, -0.2) is 9.38 Å². The van der Waals surface area contributed by atoms with Crippen LogP contribution < -0.4 is 5.32 Å². The van der Waals surface area contributed by atoms with Crippen molar-refractivity contribution >= 4 is 17.5 Å². The van der Waals surface area contributed by atoms with Gasteiger partial charge in [0.25, 0.3) is 5.91 Å². The minimum absolute atomic E-state index is 0.0917. The Balaban J connectivity index is 2.24. The van der Waals surface area contributed by atoms with Crippen LogP contribution in [0.5, 0.6) is 0 Å². The first-order chi connectivity index (χ1) is 10.5. The molecule has 23 heavy (non-hydrogen) atoms. The molecule has 1 N–H and O–H groups in total. The molecule has 0 bridgehead atoms. The van der Waals surface area contributed by atoms with Crippen LogP contribution in [-0.4, -0.2) is 35.7 Å². The molecule has 1 aliphatic rings. The molecular formula is C15H15F4N3O. The zero-order valence-corrected chi connectivity index (χ0v) is 12.8. The predicted octanol–water partition coefficient (Wildman–Crippen LogP) is 3.12. The van der Waals surface area contributed by atoms with Crippen LogP contribution in [0.3, 0.4) is 0 Å². The number of rotatable bonds is 2. The van der Waals surface area contributed by atoms with Gasteiger partial charge in [-0.1, -0.05) is 6.07 Å². The summed E-state index contributed by atoms with van der Waals surface area (Å²) in [5.74, 6) is -1.64. The molecule has 1 aromatic rings. The third kappa shape index (κ3) is 4.14. The lowest BCUT2D eigenvalue weighted by molar-refractivity contribution is -0.0592. The number of aliphatic imine (C=N–C) groups is 2. The molecule has 0 aliphatic carbocycles. The number of nitrogens with one attached hydrogen (secondary N) is 1. The Kier molecular flexibility index (Phi) is 4.28. The van der Waals surface area contributed by atoms with E-state index in [1.807, 2.05) is 0 Å². The monoisotopic (exact) mass is 329 g/mol. The highest BCUT2D eigenvalue weighted by atomic mass is 19.4. The van der Waals surface area contributed by atoms with Crippen molar-refractivity contribution in [3.8, 4) is 0 Å². The van der Waals surface area contributed by atoms with Crippen molar-refractivity contribution in [3.05, 3.63) is 35.1 Å². The Bertz CT molecular complexity index is 700. The average molecular weight is 329 g/mol. The molecule has 1 heterocycles. The Morgan fingerprint density at radius 1 is 1.22 bits per heavy atom. The van der Waals surface area contributed by atoms with Crippen molar-refractivity contribution in [2.75, 3.05) is 6.54 Å². The summed E-state index contributed by atoms with van der Waals surface area (Å²) in [6, 6.07) is 3.48. The van der Waals surface area contributed by atoms with Crippen LogP contribution in [0, 0.1) is 5.82 Å². The summed E-state index contributed by atoms with van der Waals surface area (Å²) in [5, 5.41) is 2.61. The minimum atomic E-state index is -4.56. The summed E-state index contributed by atoms with van der Waals surface area (Å²) in [4.78, 5) is 19.0. The third-order valence-corrected chi connectivity index (χ3v) is 2.91. The number of hydrogen-bond acceptors (Lipinski definition) is 3. The van der Waals surface area contributed by atoms with Crippen molar-refractivity contribution in [1.82, 2.24) is 5.32 Å². The minimum Gasteiger partial charge on any atom is -0.347 e. The standard InChI is InChI=1S/C15H15F4N3O/c1-14(2,3)22-13(23)9-5-4-8(6-10(9)16)12-20-7-11(21-12)15(17,18)19/h4-6H,7H2,1-3H3,(H,22,23). The van der Waals surface area contributed by atoms with Crippen LogP contribution in [-0.2, 0) is 0 Å². The van der Waals surface area contributed by atoms with E-state index in [0.717, 1.165) is 6.07 Å². The van der Waals surface area contributed by atoms with E-state index >= 15 is 0 Å². The van der Waals surface area contributed by atoms with Gasteiger partial charge in [-0.15, -0.1) is 0 Å². The number of carbonyl (C=O) groups is 1. The van der Waals surface area contributed by atoms with Crippen LogP contribution in [0.4, 0.5) is 17.6 Å². The van der Waals surface area contributed by atoms with Crippen molar-refractivity contribution in [2.24, 2.45) is 9.98 Å². The van der Waals surface area contributed by atoms with E-state index in [4.69, 9.17) is 0 Å². The van der Waals surface area contributed by atoms with Crippen molar-refractivity contribution in [2.45, 2.75) is 32.5 Å². The maximum Gasteiger partial charge on any atom is 0.431 e. The van der Waals surface area contributed by atoms with Crippen LogP contribution in [0.2, 0.25) is 0 Å². The molecule has 8 heteroatoms. The molecule has 2 rings (SSSR count). The lowest BCUT2D eigenvalue weighted by atomic mass is 10.1. The predicted molar refractivity (Wildman–Crippen MR) is 78.5 cm³/mol. The van der Waals surface area contributed by atoms with E-state index in [1.54, 1.807) is 20.8 Å². The number of hydrogen-bond donors (Lipinski definition) is 1. The van der Waals surface area contributed by atoms with Crippen molar-refractivity contribution in [1.29, 1.82) is 0 Å². The van der Waals surface area contributed by atoms with E-state index in [-0.39, 0.29) is 17.0 Å². The highest BCUT2D eigenvalue weighted by Gasteiger charge is 2.37. The number of amides is 1. The van der Waals surface area contributed by atoms with E-state index in [0.29, 0.717) is 0 Å². The topological polar surface area (TPSA) is 53.8 Å². The van der Waals surface area contributed by atoms with Gasteiger partial charge in [0.15, 0.2) is 5.84 Å². The molecule has 0 saturated heterocycles.